The first-order valence-corrected chi connectivity index (χ1v) is 13.2. The van der Waals surface area contributed by atoms with E-state index in [-0.39, 0.29) is 17.6 Å². The van der Waals surface area contributed by atoms with Crippen LogP contribution in [0.3, 0.4) is 0 Å². The van der Waals surface area contributed by atoms with Gasteiger partial charge in [-0.05, 0) is 74.6 Å². The lowest BCUT2D eigenvalue weighted by Gasteiger charge is -2.41. The van der Waals surface area contributed by atoms with Crippen molar-refractivity contribution in [3.05, 3.63) is 35.0 Å². The summed E-state index contributed by atoms with van der Waals surface area (Å²) >= 11 is 0. The Labute approximate surface area is 210 Å². The summed E-state index contributed by atoms with van der Waals surface area (Å²) in [5, 5.41) is 17.5. The van der Waals surface area contributed by atoms with E-state index in [0.29, 0.717) is 11.6 Å². The van der Waals surface area contributed by atoms with Gasteiger partial charge in [-0.3, -0.25) is 5.10 Å². The maximum absolute atomic E-state index is 9.69. The van der Waals surface area contributed by atoms with Gasteiger partial charge in [-0.15, -0.1) is 0 Å². The normalized spacial score (nSPS) is 25.4. The van der Waals surface area contributed by atoms with Crippen LogP contribution < -0.4 is 15.5 Å². The standard InChI is InChI=1S/C27H32N8O/c1-16-24(29)27(15-36-16)8-11-34(12-9-27)21-14-30-23-25(31-21)32-33-26(23)35-10-2-3-19-20(35)7-6-18(13-28)22(19)17-4-5-17/h6-7,14,16-17,24H,2-5,8-12,15,29H2,1H3,(H,31,32,33)/t16-,24+/m0/s1. The topological polar surface area (TPSA) is 120 Å². The zero-order valence-corrected chi connectivity index (χ0v) is 20.7. The van der Waals surface area contributed by atoms with Crippen LogP contribution >= 0.6 is 0 Å². The highest BCUT2D eigenvalue weighted by Gasteiger charge is 2.47. The van der Waals surface area contributed by atoms with Crippen LogP contribution in [0.4, 0.5) is 17.3 Å². The SMILES string of the molecule is C[C@@H]1OCC2(CCN(c3cnc4c(N5CCCc6c5ccc(C#N)c6C5CC5)n[nH]c4n3)CC2)[C@@H]1N. The molecule has 2 saturated heterocycles. The zero-order chi connectivity index (χ0) is 24.4. The maximum atomic E-state index is 9.69. The van der Waals surface area contributed by atoms with Crippen LogP contribution in [0.1, 0.15) is 61.6 Å². The van der Waals surface area contributed by atoms with Gasteiger partial charge in [0.05, 0.1) is 30.5 Å². The van der Waals surface area contributed by atoms with E-state index < -0.39 is 0 Å². The first kappa shape index (κ1) is 22.0. The molecule has 9 nitrogen and oxygen atoms in total. The van der Waals surface area contributed by atoms with Gasteiger partial charge < -0.3 is 20.3 Å². The minimum Gasteiger partial charge on any atom is -0.376 e. The van der Waals surface area contributed by atoms with E-state index in [9.17, 15) is 5.26 Å². The fourth-order valence-electron chi connectivity index (χ4n) is 6.63. The molecule has 1 aromatic carbocycles. The monoisotopic (exact) mass is 484 g/mol. The van der Waals surface area contributed by atoms with Crippen LogP contribution in [-0.2, 0) is 11.2 Å². The summed E-state index contributed by atoms with van der Waals surface area (Å²) in [5.41, 5.74) is 12.6. The summed E-state index contributed by atoms with van der Waals surface area (Å²) in [6, 6.07) is 6.59. The van der Waals surface area contributed by atoms with E-state index in [1.165, 1.54) is 24.0 Å². The van der Waals surface area contributed by atoms with Gasteiger partial charge in [0.25, 0.3) is 0 Å². The summed E-state index contributed by atoms with van der Waals surface area (Å²) in [5.74, 6) is 2.23. The smallest absolute Gasteiger partial charge is 0.183 e. The molecule has 5 heterocycles. The van der Waals surface area contributed by atoms with Crippen molar-refractivity contribution >= 4 is 28.5 Å². The van der Waals surface area contributed by atoms with Crippen LogP contribution in [0.25, 0.3) is 11.2 Å². The molecular weight excluding hydrogens is 452 g/mol. The second-order valence-corrected chi connectivity index (χ2v) is 11.0. The van der Waals surface area contributed by atoms with Gasteiger partial charge in [-0.2, -0.15) is 10.4 Å². The number of nitrogens with one attached hydrogen (secondary N) is 1. The number of hydrogen-bond donors (Lipinski definition) is 2. The molecule has 0 amide bonds. The molecule has 1 saturated carbocycles. The largest absolute Gasteiger partial charge is 0.376 e. The molecule has 9 heteroatoms. The van der Waals surface area contributed by atoms with Crippen molar-refractivity contribution in [3.8, 4) is 6.07 Å². The van der Waals surface area contributed by atoms with Crippen molar-refractivity contribution < 1.29 is 4.74 Å². The second kappa shape index (κ2) is 8.15. The van der Waals surface area contributed by atoms with Crippen molar-refractivity contribution in [2.24, 2.45) is 11.1 Å². The van der Waals surface area contributed by atoms with Crippen LogP contribution in [-0.4, -0.2) is 58.6 Å². The first-order chi connectivity index (χ1) is 17.6. The van der Waals surface area contributed by atoms with Crippen LogP contribution in [0, 0.1) is 16.7 Å². The number of nitrogens with two attached hydrogens (primary N) is 1. The van der Waals surface area contributed by atoms with Crippen LogP contribution in [0.5, 0.6) is 0 Å². The molecule has 3 N–H and O–H groups in total. The van der Waals surface area contributed by atoms with Gasteiger partial charge in [0.2, 0.25) is 0 Å². The molecule has 4 aliphatic rings. The van der Waals surface area contributed by atoms with E-state index in [2.05, 4.69) is 39.1 Å². The summed E-state index contributed by atoms with van der Waals surface area (Å²) in [7, 11) is 0. The Morgan fingerprint density at radius 3 is 2.78 bits per heavy atom. The van der Waals surface area contributed by atoms with E-state index in [1.54, 1.807) is 0 Å². The number of nitriles is 1. The highest BCUT2D eigenvalue weighted by atomic mass is 16.5. The molecule has 1 aliphatic carbocycles. The van der Waals surface area contributed by atoms with Crippen molar-refractivity contribution in [3.63, 3.8) is 0 Å². The average molecular weight is 485 g/mol. The van der Waals surface area contributed by atoms with Crippen molar-refractivity contribution in [1.82, 2.24) is 20.2 Å². The number of nitrogens with zero attached hydrogens (tertiary/aromatic N) is 6. The van der Waals surface area contributed by atoms with Crippen molar-refractivity contribution in [2.75, 3.05) is 36.0 Å². The van der Waals surface area contributed by atoms with Gasteiger partial charge in [0.15, 0.2) is 17.0 Å². The maximum Gasteiger partial charge on any atom is 0.183 e. The average Bonchev–Trinajstić information content (AvgIpc) is 3.62. The summed E-state index contributed by atoms with van der Waals surface area (Å²) in [6.45, 7) is 5.51. The lowest BCUT2D eigenvalue weighted by atomic mass is 9.73. The molecule has 3 aliphatic heterocycles. The molecule has 2 aromatic heterocycles. The van der Waals surface area contributed by atoms with Gasteiger partial charge in [0, 0.05) is 36.8 Å². The first-order valence-electron chi connectivity index (χ1n) is 13.2. The van der Waals surface area contributed by atoms with E-state index in [1.807, 2.05) is 12.3 Å². The Morgan fingerprint density at radius 1 is 1.22 bits per heavy atom. The number of H-pyrrole nitrogens is 1. The quantitative estimate of drug-likeness (QED) is 0.579. The molecule has 0 bridgehead atoms. The molecule has 1 spiro atoms. The highest BCUT2D eigenvalue weighted by Crippen LogP contribution is 2.48. The summed E-state index contributed by atoms with van der Waals surface area (Å²) in [4.78, 5) is 14.3. The number of benzene rings is 1. The molecule has 3 fully saturated rings. The highest BCUT2D eigenvalue weighted by molar-refractivity contribution is 5.88. The molecule has 2 atom stereocenters. The minimum atomic E-state index is 0.0843. The van der Waals surface area contributed by atoms with Gasteiger partial charge >= 0.3 is 0 Å². The predicted octanol–water partition coefficient (Wildman–Crippen LogP) is 3.52. The number of aromatic nitrogens is 4. The number of piperidine rings is 1. The number of anilines is 3. The zero-order valence-electron chi connectivity index (χ0n) is 20.7. The Kier molecular flexibility index (Phi) is 4.98. The Hall–Kier alpha value is -3.22. The summed E-state index contributed by atoms with van der Waals surface area (Å²) in [6.07, 6.45) is 8.42. The second-order valence-electron chi connectivity index (χ2n) is 11.0. The lowest BCUT2D eigenvalue weighted by molar-refractivity contribution is 0.0974. The molecular formula is C27H32N8O. The van der Waals surface area contributed by atoms with E-state index in [4.69, 9.17) is 20.4 Å². The number of aromatic amines is 1. The fourth-order valence-corrected chi connectivity index (χ4v) is 6.63. The van der Waals surface area contributed by atoms with Gasteiger partial charge in [-0.1, -0.05) is 0 Å². The number of fused-ring (bicyclic) bond motifs is 2. The third-order valence-electron chi connectivity index (χ3n) is 8.96. The van der Waals surface area contributed by atoms with Crippen LogP contribution in [0.2, 0.25) is 0 Å². The Morgan fingerprint density at radius 2 is 2.06 bits per heavy atom. The van der Waals surface area contributed by atoms with E-state index >= 15 is 0 Å². The number of hydrogen-bond acceptors (Lipinski definition) is 8. The van der Waals surface area contributed by atoms with Crippen molar-refractivity contribution in [2.45, 2.75) is 63.5 Å². The molecule has 0 unspecified atom stereocenters. The predicted molar refractivity (Wildman–Crippen MR) is 137 cm³/mol. The number of ether oxygens (including phenoxy) is 1. The third-order valence-corrected chi connectivity index (χ3v) is 8.96. The van der Waals surface area contributed by atoms with Gasteiger partial charge in [0.1, 0.15) is 5.82 Å². The minimum absolute atomic E-state index is 0.0843. The number of rotatable bonds is 3. The molecule has 3 aromatic rings. The molecule has 7 rings (SSSR count). The summed E-state index contributed by atoms with van der Waals surface area (Å²) < 4.78 is 5.87. The third kappa shape index (κ3) is 3.31. The van der Waals surface area contributed by atoms with E-state index in [0.717, 1.165) is 80.3 Å². The van der Waals surface area contributed by atoms with Crippen molar-refractivity contribution in [1.29, 1.82) is 5.26 Å². The van der Waals surface area contributed by atoms with Gasteiger partial charge in [-0.25, -0.2) is 9.97 Å². The molecule has 186 valence electrons. The molecule has 36 heavy (non-hydrogen) atoms. The molecule has 0 radical (unpaired) electrons. The Bertz CT molecular complexity index is 1360. The lowest BCUT2D eigenvalue weighted by Crippen LogP contribution is -2.50. The van der Waals surface area contributed by atoms with Crippen LogP contribution in [0.15, 0.2) is 18.3 Å². The Balaban J connectivity index is 1.17. The fraction of sp³-hybridized carbons (Fsp3) is 0.556.